The highest BCUT2D eigenvalue weighted by Gasteiger charge is 2.10. The van der Waals surface area contributed by atoms with Gasteiger partial charge in [0.25, 0.3) is 0 Å². The lowest BCUT2D eigenvalue weighted by molar-refractivity contribution is 0.200. The summed E-state index contributed by atoms with van der Waals surface area (Å²) in [6.07, 6.45) is 16.5. The van der Waals surface area contributed by atoms with Crippen LogP contribution in [0.15, 0.2) is 75.4 Å². The smallest absolute Gasteiger partial charge is 0.136 e. The molecule has 0 N–H and O–H groups in total. The zero-order valence-electron chi connectivity index (χ0n) is 11.7. The third-order valence-corrected chi connectivity index (χ3v) is 4.04. The summed E-state index contributed by atoms with van der Waals surface area (Å²) in [7, 11) is 0. The molecule has 0 unspecified atom stereocenters. The predicted octanol–water partition coefficient (Wildman–Crippen LogP) is 5.14. The van der Waals surface area contributed by atoms with Crippen molar-refractivity contribution in [3.63, 3.8) is 0 Å². The minimum absolute atomic E-state index is 0.0894. The maximum atomic E-state index is 5.88. The number of hydrogen-bond donors (Lipinski definition) is 0. The van der Waals surface area contributed by atoms with Crippen molar-refractivity contribution in [2.75, 3.05) is 6.61 Å². The molecule has 1 aromatic rings. The number of terminal acetylenes is 1. The molecule has 1 aliphatic rings. The Morgan fingerprint density at radius 3 is 2.68 bits per heavy atom. The number of rotatable bonds is 6. The first-order chi connectivity index (χ1) is 10.7. The summed E-state index contributed by atoms with van der Waals surface area (Å²) in [5.74, 6) is 3.89. The lowest BCUT2D eigenvalue weighted by Gasteiger charge is -2.14. The fourth-order valence-corrected chi connectivity index (χ4v) is 2.54. The van der Waals surface area contributed by atoms with E-state index in [1.165, 1.54) is 0 Å². The second-order valence-corrected chi connectivity index (χ2v) is 6.03. The average Bonchev–Trinajstić information content (AvgIpc) is 3.01. The number of para-hydroxylation sites is 1. The van der Waals surface area contributed by atoms with Gasteiger partial charge >= 0.3 is 0 Å². The van der Waals surface area contributed by atoms with E-state index in [2.05, 4.69) is 37.8 Å². The van der Waals surface area contributed by atoms with Crippen molar-refractivity contribution in [2.45, 2.75) is 6.10 Å². The molecule has 2 rings (SSSR count). The van der Waals surface area contributed by atoms with Gasteiger partial charge < -0.3 is 9.47 Å². The molecule has 0 amide bonds. The SMILES string of the molecule is C#C/C=C(Br)\C(=C/COc1ccccc1Br)OC1C=CC=C1. The number of ether oxygens (including phenoxy) is 2. The van der Waals surface area contributed by atoms with Gasteiger partial charge in [-0.3, -0.25) is 0 Å². The Morgan fingerprint density at radius 2 is 2.00 bits per heavy atom. The molecule has 0 spiro atoms. The molecule has 0 saturated carbocycles. The van der Waals surface area contributed by atoms with Crippen LogP contribution in [0.1, 0.15) is 0 Å². The first-order valence-electron chi connectivity index (χ1n) is 6.62. The Labute approximate surface area is 147 Å². The summed E-state index contributed by atoms with van der Waals surface area (Å²) < 4.78 is 13.2. The van der Waals surface area contributed by atoms with Gasteiger partial charge in [0.05, 0.1) is 8.96 Å². The highest BCUT2D eigenvalue weighted by Crippen LogP contribution is 2.25. The largest absolute Gasteiger partial charge is 0.488 e. The maximum Gasteiger partial charge on any atom is 0.136 e. The number of halogens is 2. The number of benzene rings is 1. The van der Waals surface area contributed by atoms with Gasteiger partial charge in [-0.2, -0.15) is 0 Å². The van der Waals surface area contributed by atoms with Crippen LogP contribution in [-0.2, 0) is 4.74 Å². The Kier molecular flexibility index (Phi) is 6.57. The first-order valence-corrected chi connectivity index (χ1v) is 8.20. The molecule has 0 bridgehead atoms. The molecule has 0 aliphatic heterocycles. The summed E-state index contributed by atoms with van der Waals surface area (Å²) in [5, 5.41) is 0. The minimum Gasteiger partial charge on any atom is -0.488 e. The van der Waals surface area contributed by atoms with E-state index >= 15 is 0 Å². The van der Waals surface area contributed by atoms with Crippen molar-refractivity contribution in [1.29, 1.82) is 0 Å². The quantitative estimate of drug-likeness (QED) is 0.360. The van der Waals surface area contributed by atoms with Gasteiger partial charge in [0.2, 0.25) is 0 Å². The molecule has 0 saturated heterocycles. The zero-order valence-corrected chi connectivity index (χ0v) is 14.9. The molecule has 0 aromatic heterocycles. The summed E-state index contributed by atoms with van der Waals surface area (Å²) in [5.41, 5.74) is 0. The van der Waals surface area contributed by atoms with E-state index in [1.54, 1.807) is 6.08 Å². The van der Waals surface area contributed by atoms with E-state index in [1.807, 2.05) is 54.6 Å². The van der Waals surface area contributed by atoms with E-state index in [9.17, 15) is 0 Å². The van der Waals surface area contributed by atoms with Crippen LogP contribution in [0, 0.1) is 12.3 Å². The van der Waals surface area contributed by atoms with Crippen molar-refractivity contribution in [3.05, 3.63) is 75.4 Å². The zero-order chi connectivity index (χ0) is 15.8. The molecule has 2 nitrogen and oxygen atoms in total. The molecule has 4 heteroatoms. The summed E-state index contributed by atoms with van der Waals surface area (Å²) >= 11 is 6.87. The Morgan fingerprint density at radius 1 is 1.27 bits per heavy atom. The number of allylic oxidation sites excluding steroid dienone is 4. The molecule has 22 heavy (non-hydrogen) atoms. The van der Waals surface area contributed by atoms with Crippen LogP contribution in [0.3, 0.4) is 0 Å². The molecule has 0 fully saturated rings. The monoisotopic (exact) mass is 420 g/mol. The van der Waals surface area contributed by atoms with Crippen molar-refractivity contribution in [1.82, 2.24) is 0 Å². The van der Waals surface area contributed by atoms with E-state index in [-0.39, 0.29) is 6.10 Å². The highest BCUT2D eigenvalue weighted by molar-refractivity contribution is 9.12. The lowest BCUT2D eigenvalue weighted by Crippen LogP contribution is -2.06. The van der Waals surface area contributed by atoms with Crippen LogP contribution in [0.5, 0.6) is 5.75 Å². The topological polar surface area (TPSA) is 18.5 Å². The molecular formula is C18H14Br2O2. The third-order valence-electron chi connectivity index (χ3n) is 2.77. The molecule has 1 aliphatic carbocycles. The normalized spacial score (nSPS) is 15.0. The second kappa shape index (κ2) is 8.67. The van der Waals surface area contributed by atoms with Gasteiger partial charge in [0, 0.05) is 6.08 Å². The average molecular weight is 422 g/mol. The van der Waals surface area contributed by atoms with Crippen molar-refractivity contribution in [3.8, 4) is 18.1 Å². The fourth-order valence-electron chi connectivity index (χ4n) is 1.75. The van der Waals surface area contributed by atoms with E-state index in [0.717, 1.165) is 10.2 Å². The maximum absolute atomic E-state index is 5.88. The van der Waals surface area contributed by atoms with Crippen molar-refractivity contribution < 1.29 is 9.47 Å². The Bertz CT molecular complexity index is 667. The van der Waals surface area contributed by atoms with Gasteiger partial charge in [-0.05, 0) is 62.2 Å². The minimum atomic E-state index is -0.0894. The Hall–Kier alpha value is -1.70. The van der Waals surface area contributed by atoms with Gasteiger partial charge in [0.1, 0.15) is 24.2 Å². The van der Waals surface area contributed by atoms with E-state index < -0.39 is 0 Å². The summed E-state index contributed by atoms with van der Waals surface area (Å²) in [6.45, 7) is 0.367. The van der Waals surface area contributed by atoms with E-state index in [4.69, 9.17) is 15.9 Å². The van der Waals surface area contributed by atoms with Gasteiger partial charge in [0.15, 0.2) is 0 Å². The predicted molar refractivity (Wildman–Crippen MR) is 96.7 cm³/mol. The molecule has 0 radical (unpaired) electrons. The fraction of sp³-hybridized carbons (Fsp3) is 0.111. The van der Waals surface area contributed by atoms with Crippen LogP contribution in [0.25, 0.3) is 0 Å². The second-order valence-electron chi connectivity index (χ2n) is 4.32. The molecule has 0 atom stereocenters. The van der Waals surface area contributed by atoms with E-state index in [0.29, 0.717) is 16.8 Å². The van der Waals surface area contributed by atoms with Crippen LogP contribution < -0.4 is 4.74 Å². The van der Waals surface area contributed by atoms with Crippen LogP contribution in [0.4, 0.5) is 0 Å². The molecule has 112 valence electrons. The summed E-state index contributed by atoms with van der Waals surface area (Å²) in [4.78, 5) is 0. The number of hydrogen-bond acceptors (Lipinski definition) is 2. The van der Waals surface area contributed by atoms with Gasteiger partial charge in [-0.1, -0.05) is 30.2 Å². The standard InChI is InChI=1S/C18H14Br2O2/c1-2-7-15(19)18(22-14-8-3-4-9-14)12-13-21-17-11-6-5-10-16(17)20/h1,3-12,14H,13H2/b15-7+,18-12+. The summed E-state index contributed by atoms with van der Waals surface area (Å²) in [6, 6.07) is 7.68. The van der Waals surface area contributed by atoms with Crippen molar-refractivity contribution >= 4 is 31.9 Å². The van der Waals surface area contributed by atoms with Crippen LogP contribution in [-0.4, -0.2) is 12.7 Å². The van der Waals surface area contributed by atoms with Crippen molar-refractivity contribution in [2.24, 2.45) is 0 Å². The highest BCUT2D eigenvalue weighted by atomic mass is 79.9. The van der Waals surface area contributed by atoms with Gasteiger partial charge in [-0.15, -0.1) is 6.42 Å². The first kappa shape index (κ1) is 16.7. The lowest BCUT2D eigenvalue weighted by atomic mass is 10.3. The van der Waals surface area contributed by atoms with Gasteiger partial charge in [-0.25, -0.2) is 0 Å². The van der Waals surface area contributed by atoms with Crippen LogP contribution in [0.2, 0.25) is 0 Å². The molecule has 1 aromatic carbocycles. The third kappa shape index (κ3) is 4.94. The Balaban J connectivity index is 2.05. The molecule has 0 heterocycles. The molecular weight excluding hydrogens is 408 g/mol. The van der Waals surface area contributed by atoms with Crippen LogP contribution >= 0.6 is 31.9 Å².